The van der Waals surface area contributed by atoms with Gasteiger partial charge in [-0.3, -0.25) is 0 Å². The average Bonchev–Trinajstić information content (AvgIpc) is 2.52. The summed E-state index contributed by atoms with van der Waals surface area (Å²) in [5, 5.41) is 11.4. The Morgan fingerprint density at radius 1 is 1.19 bits per heavy atom. The highest BCUT2D eigenvalue weighted by atomic mass is 16.6. The highest BCUT2D eigenvalue weighted by Gasteiger charge is 2.48. The zero-order valence-electron chi connectivity index (χ0n) is 17.5. The summed E-state index contributed by atoms with van der Waals surface area (Å²) >= 11 is 0. The number of rotatable bonds is 3. The third-order valence-corrected chi connectivity index (χ3v) is 5.88. The van der Waals surface area contributed by atoms with Gasteiger partial charge in [0.05, 0.1) is 5.60 Å². The second kappa shape index (κ2) is 7.46. The van der Waals surface area contributed by atoms with Crippen LogP contribution >= 0.6 is 0 Å². The molecule has 2 fully saturated rings. The van der Waals surface area contributed by atoms with E-state index in [-0.39, 0.29) is 18.2 Å². The largest absolute Gasteiger partial charge is 0.444 e. The van der Waals surface area contributed by atoms with E-state index < -0.39 is 11.2 Å². The van der Waals surface area contributed by atoms with E-state index in [1.54, 1.807) is 0 Å². The molecule has 2 heterocycles. The SMILES string of the molecule is CC(C)c1ccc(CC2(O)CC3CCCC(C2)N3C(=O)OC(C)(C)C)cc1. The van der Waals surface area contributed by atoms with Crippen molar-refractivity contribution in [3.05, 3.63) is 35.4 Å². The van der Waals surface area contributed by atoms with Crippen LogP contribution in [-0.2, 0) is 11.2 Å². The maximum atomic E-state index is 12.7. The van der Waals surface area contributed by atoms with Crippen LogP contribution in [0.15, 0.2) is 24.3 Å². The number of piperidine rings is 2. The summed E-state index contributed by atoms with van der Waals surface area (Å²) in [7, 11) is 0. The maximum Gasteiger partial charge on any atom is 0.410 e. The number of nitrogens with zero attached hydrogens (tertiary/aromatic N) is 1. The molecule has 4 heteroatoms. The molecule has 1 aromatic rings. The molecule has 2 atom stereocenters. The van der Waals surface area contributed by atoms with Gasteiger partial charge in [0.25, 0.3) is 0 Å². The van der Waals surface area contributed by atoms with Gasteiger partial charge in [0.1, 0.15) is 5.60 Å². The van der Waals surface area contributed by atoms with Gasteiger partial charge < -0.3 is 14.7 Å². The van der Waals surface area contributed by atoms with Crippen molar-refractivity contribution in [3.63, 3.8) is 0 Å². The van der Waals surface area contributed by atoms with Gasteiger partial charge in [0, 0.05) is 18.5 Å². The topological polar surface area (TPSA) is 49.8 Å². The Morgan fingerprint density at radius 3 is 2.22 bits per heavy atom. The molecule has 2 aliphatic heterocycles. The molecule has 1 N–H and O–H groups in total. The number of hydrogen-bond acceptors (Lipinski definition) is 3. The Balaban J connectivity index is 1.72. The maximum absolute atomic E-state index is 12.7. The lowest BCUT2D eigenvalue weighted by atomic mass is 9.73. The van der Waals surface area contributed by atoms with Crippen molar-refractivity contribution in [2.24, 2.45) is 0 Å². The molecular weight excluding hydrogens is 338 g/mol. The second-order valence-corrected chi connectivity index (χ2v) is 9.83. The summed E-state index contributed by atoms with van der Waals surface area (Å²) in [6.45, 7) is 10.1. The van der Waals surface area contributed by atoms with E-state index in [9.17, 15) is 9.90 Å². The van der Waals surface area contributed by atoms with Gasteiger partial charge in [-0.15, -0.1) is 0 Å². The minimum absolute atomic E-state index is 0.0762. The van der Waals surface area contributed by atoms with Gasteiger partial charge in [-0.05, 0) is 69.9 Å². The standard InChI is InChI=1S/C23H35NO3/c1-16(2)18-11-9-17(10-12-18)13-23(26)14-19-7-6-8-20(15-23)24(19)21(25)27-22(3,4)5/h9-12,16,19-20,26H,6-8,13-15H2,1-5H3. The van der Waals surface area contributed by atoms with Gasteiger partial charge in [-0.1, -0.05) is 38.1 Å². The summed E-state index contributed by atoms with van der Waals surface area (Å²) in [6.07, 6.45) is 4.72. The van der Waals surface area contributed by atoms with E-state index in [1.165, 1.54) is 11.1 Å². The van der Waals surface area contributed by atoms with Crippen LogP contribution in [0, 0.1) is 0 Å². The molecule has 150 valence electrons. The van der Waals surface area contributed by atoms with Crippen LogP contribution in [0.5, 0.6) is 0 Å². The number of hydrogen-bond donors (Lipinski definition) is 1. The van der Waals surface area contributed by atoms with Crippen molar-refractivity contribution in [1.82, 2.24) is 4.90 Å². The van der Waals surface area contributed by atoms with E-state index in [0.29, 0.717) is 25.2 Å². The van der Waals surface area contributed by atoms with Crippen molar-refractivity contribution in [2.45, 2.75) is 102 Å². The highest BCUT2D eigenvalue weighted by Crippen LogP contribution is 2.41. The van der Waals surface area contributed by atoms with Crippen molar-refractivity contribution in [2.75, 3.05) is 0 Å². The molecule has 0 aromatic heterocycles. The first-order chi connectivity index (χ1) is 12.6. The van der Waals surface area contributed by atoms with Crippen LogP contribution in [-0.4, -0.2) is 39.4 Å². The Hall–Kier alpha value is -1.55. The van der Waals surface area contributed by atoms with Crippen LogP contribution in [0.1, 0.15) is 83.8 Å². The Labute approximate surface area is 163 Å². The molecule has 3 rings (SSSR count). The summed E-state index contributed by atoms with van der Waals surface area (Å²) < 4.78 is 5.64. The van der Waals surface area contributed by atoms with E-state index in [0.717, 1.165) is 19.3 Å². The first kappa shape index (κ1) is 20.2. The number of carbonyl (C=O) groups excluding carboxylic acids is 1. The highest BCUT2D eigenvalue weighted by molar-refractivity contribution is 5.69. The quantitative estimate of drug-likeness (QED) is 0.808. The van der Waals surface area contributed by atoms with Crippen molar-refractivity contribution in [1.29, 1.82) is 0 Å². The van der Waals surface area contributed by atoms with Crippen molar-refractivity contribution >= 4 is 6.09 Å². The second-order valence-electron chi connectivity index (χ2n) is 9.83. The van der Waals surface area contributed by atoms with Crippen molar-refractivity contribution in [3.8, 4) is 0 Å². The first-order valence-corrected chi connectivity index (χ1v) is 10.4. The van der Waals surface area contributed by atoms with Crippen LogP contribution in [0.4, 0.5) is 4.79 Å². The van der Waals surface area contributed by atoms with Gasteiger partial charge >= 0.3 is 6.09 Å². The predicted octanol–water partition coefficient (Wildman–Crippen LogP) is 5.04. The molecule has 2 aliphatic rings. The molecule has 0 radical (unpaired) electrons. The summed E-state index contributed by atoms with van der Waals surface area (Å²) in [5.41, 5.74) is 1.26. The molecule has 0 aliphatic carbocycles. The minimum Gasteiger partial charge on any atom is -0.444 e. The summed E-state index contributed by atoms with van der Waals surface area (Å²) in [6, 6.07) is 8.77. The molecule has 2 unspecified atom stereocenters. The van der Waals surface area contributed by atoms with Gasteiger partial charge in [-0.25, -0.2) is 4.79 Å². The number of aliphatic hydroxyl groups is 1. The fourth-order valence-electron chi connectivity index (χ4n) is 4.68. The normalized spacial score (nSPS) is 28.3. The van der Waals surface area contributed by atoms with Gasteiger partial charge in [0.15, 0.2) is 0 Å². The smallest absolute Gasteiger partial charge is 0.410 e. The van der Waals surface area contributed by atoms with E-state index in [1.807, 2.05) is 25.7 Å². The number of ether oxygens (including phenoxy) is 1. The van der Waals surface area contributed by atoms with E-state index >= 15 is 0 Å². The lowest BCUT2D eigenvalue weighted by Crippen LogP contribution is -2.61. The third-order valence-electron chi connectivity index (χ3n) is 5.88. The van der Waals surface area contributed by atoms with Gasteiger partial charge in [-0.2, -0.15) is 0 Å². The van der Waals surface area contributed by atoms with Crippen LogP contribution in [0.3, 0.4) is 0 Å². The fourth-order valence-corrected chi connectivity index (χ4v) is 4.68. The third kappa shape index (κ3) is 4.84. The van der Waals surface area contributed by atoms with E-state index in [4.69, 9.17) is 4.74 Å². The first-order valence-electron chi connectivity index (χ1n) is 10.4. The monoisotopic (exact) mass is 373 g/mol. The lowest BCUT2D eigenvalue weighted by Gasteiger charge is -2.51. The van der Waals surface area contributed by atoms with Crippen LogP contribution in [0.2, 0.25) is 0 Å². The van der Waals surface area contributed by atoms with E-state index in [2.05, 4.69) is 38.1 Å². The summed E-state index contributed by atoms with van der Waals surface area (Å²) in [5.74, 6) is 0.513. The number of carbonyl (C=O) groups is 1. The predicted molar refractivity (Wildman–Crippen MR) is 108 cm³/mol. The number of fused-ring (bicyclic) bond motifs is 2. The zero-order chi connectivity index (χ0) is 19.8. The lowest BCUT2D eigenvalue weighted by molar-refractivity contribution is -0.0919. The molecule has 1 aromatic carbocycles. The van der Waals surface area contributed by atoms with Crippen LogP contribution in [0.25, 0.3) is 0 Å². The Bertz CT molecular complexity index is 645. The minimum atomic E-state index is -0.742. The Morgan fingerprint density at radius 2 is 1.74 bits per heavy atom. The van der Waals surface area contributed by atoms with Crippen molar-refractivity contribution < 1.29 is 14.6 Å². The zero-order valence-corrected chi connectivity index (χ0v) is 17.5. The molecule has 2 bridgehead atoms. The molecule has 2 saturated heterocycles. The molecule has 27 heavy (non-hydrogen) atoms. The molecule has 0 spiro atoms. The molecular formula is C23H35NO3. The molecule has 1 amide bonds. The Kier molecular flexibility index (Phi) is 5.58. The number of benzene rings is 1. The van der Waals surface area contributed by atoms with Gasteiger partial charge in [0.2, 0.25) is 0 Å². The number of amides is 1. The molecule has 4 nitrogen and oxygen atoms in total. The fraction of sp³-hybridized carbons (Fsp3) is 0.696. The molecule has 0 saturated carbocycles. The average molecular weight is 374 g/mol. The summed E-state index contributed by atoms with van der Waals surface area (Å²) in [4.78, 5) is 14.6. The van der Waals surface area contributed by atoms with Crippen LogP contribution < -0.4 is 0 Å².